The summed E-state index contributed by atoms with van der Waals surface area (Å²) in [5, 5.41) is 2.61. The minimum absolute atomic E-state index is 0.227. The Morgan fingerprint density at radius 1 is 1.64 bits per heavy atom. The van der Waals surface area contributed by atoms with Gasteiger partial charge in [0.15, 0.2) is 0 Å². The van der Waals surface area contributed by atoms with Gasteiger partial charge in [0.05, 0.1) is 6.04 Å². The summed E-state index contributed by atoms with van der Waals surface area (Å²) >= 11 is 1.60. The number of aromatic nitrogens is 1. The van der Waals surface area contributed by atoms with Gasteiger partial charge in [-0.3, -0.25) is 4.79 Å². The third kappa shape index (κ3) is 3.01. The summed E-state index contributed by atoms with van der Waals surface area (Å²) in [5.41, 5.74) is 5.40. The van der Waals surface area contributed by atoms with Crippen molar-refractivity contribution < 1.29 is 4.79 Å². The zero-order valence-corrected chi connectivity index (χ0v) is 8.97. The predicted molar refractivity (Wildman–Crippen MR) is 58.3 cm³/mol. The molecular weight excluding hydrogens is 198 g/mol. The van der Waals surface area contributed by atoms with Crippen molar-refractivity contribution in [2.24, 2.45) is 5.73 Å². The number of nitrogens with two attached hydrogens (primary N) is 1. The lowest BCUT2D eigenvalue weighted by molar-refractivity contribution is -0.117. The molecule has 0 saturated heterocycles. The molecule has 1 aromatic heterocycles. The predicted octanol–water partition coefficient (Wildman–Crippen LogP) is 1.09. The third-order valence-corrected chi connectivity index (χ3v) is 2.35. The number of nitrogens with one attached hydrogen (secondary N) is 1. The van der Waals surface area contributed by atoms with Gasteiger partial charge in [0.2, 0.25) is 5.91 Å². The molecule has 5 heteroatoms. The average Bonchev–Trinajstić information content (AvgIpc) is 2.19. The summed E-state index contributed by atoms with van der Waals surface area (Å²) in [6, 6.07) is 3.14. The first kappa shape index (κ1) is 11.0. The van der Waals surface area contributed by atoms with Crippen LogP contribution in [0.25, 0.3) is 0 Å². The van der Waals surface area contributed by atoms with Gasteiger partial charge in [-0.2, -0.15) is 0 Å². The second kappa shape index (κ2) is 4.97. The lowest BCUT2D eigenvalue weighted by atomic mass is 10.3. The average molecular weight is 211 g/mol. The van der Waals surface area contributed by atoms with Gasteiger partial charge in [-0.1, -0.05) is 0 Å². The van der Waals surface area contributed by atoms with Crippen molar-refractivity contribution in [3.05, 3.63) is 18.3 Å². The van der Waals surface area contributed by atoms with Crippen molar-refractivity contribution in [1.82, 2.24) is 4.98 Å². The quantitative estimate of drug-likeness (QED) is 0.734. The second-order valence-corrected chi connectivity index (χ2v) is 3.74. The van der Waals surface area contributed by atoms with Crippen LogP contribution in [0.2, 0.25) is 0 Å². The Morgan fingerprint density at radius 2 is 2.36 bits per heavy atom. The molecule has 76 valence electrons. The van der Waals surface area contributed by atoms with Crippen LogP contribution in [0.3, 0.4) is 0 Å². The third-order valence-electron chi connectivity index (χ3n) is 1.64. The van der Waals surface area contributed by atoms with E-state index >= 15 is 0 Å². The minimum atomic E-state index is -0.517. The van der Waals surface area contributed by atoms with Gasteiger partial charge in [0, 0.05) is 11.1 Å². The van der Waals surface area contributed by atoms with Crippen LogP contribution in [0.15, 0.2) is 23.2 Å². The summed E-state index contributed by atoms with van der Waals surface area (Å²) in [7, 11) is 0. The monoisotopic (exact) mass is 211 g/mol. The summed E-state index contributed by atoms with van der Waals surface area (Å²) in [5.74, 6) is 0.305. The zero-order valence-electron chi connectivity index (χ0n) is 8.15. The Labute approximate surface area is 87.3 Å². The summed E-state index contributed by atoms with van der Waals surface area (Å²) in [6.07, 6.45) is 3.68. The molecule has 1 amide bonds. The Morgan fingerprint density at radius 3 is 2.79 bits per heavy atom. The maximum atomic E-state index is 11.2. The van der Waals surface area contributed by atoms with E-state index in [1.54, 1.807) is 30.9 Å². The first-order chi connectivity index (χ1) is 6.63. The number of thioether (sulfide) groups is 1. The van der Waals surface area contributed by atoms with E-state index in [-0.39, 0.29) is 5.91 Å². The number of pyridine rings is 1. The highest BCUT2D eigenvalue weighted by molar-refractivity contribution is 7.98. The lowest BCUT2D eigenvalue weighted by Crippen LogP contribution is -2.32. The van der Waals surface area contributed by atoms with Crippen molar-refractivity contribution in [3.8, 4) is 0 Å². The van der Waals surface area contributed by atoms with E-state index in [2.05, 4.69) is 10.3 Å². The molecule has 14 heavy (non-hydrogen) atoms. The normalized spacial score (nSPS) is 12.2. The van der Waals surface area contributed by atoms with Crippen LogP contribution in [0.5, 0.6) is 0 Å². The van der Waals surface area contributed by atoms with Crippen molar-refractivity contribution in [3.63, 3.8) is 0 Å². The van der Waals surface area contributed by atoms with E-state index in [4.69, 9.17) is 5.73 Å². The van der Waals surface area contributed by atoms with Crippen LogP contribution < -0.4 is 11.1 Å². The zero-order chi connectivity index (χ0) is 10.6. The van der Waals surface area contributed by atoms with E-state index in [9.17, 15) is 4.79 Å². The molecule has 1 aromatic rings. The van der Waals surface area contributed by atoms with Gasteiger partial charge in [-0.05, 0) is 25.3 Å². The lowest BCUT2D eigenvalue weighted by Gasteiger charge is -2.06. The fraction of sp³-hybridized carbons (Fsp3) is 0.333. The van der Waals surface area contributed by atoms with E-state index in [1.165, 1.54) is 0 Å². The van der Waals surface area contributed by atoms with Crippen LogP contribution in [0.1, 0.15) is 6.92 Å². The Kier molecular flexibility index (Phi) is 3.91. The van der Waals surface area contributed by atoms with E-state index in [1.807, 2.05) is 12.3 Å². The number of hydrogen-bond acceptors (Lipinski definition) is 4. The highest BCUT2D eigenvalue weighted by Crippen LogP contribution is 2.14. The minimum Gasteiger partial charge on any atom is -0.320 e. The largest absolute Gasteiger partial charge is 0.320 e. The van der Waals surface area contributed by atoms with Gasteiger partial charge >= 0.3 is 0 Å². The van der Waals surface area contributed by atoms with Gasteiger partial charge in [-0.25, -0.2) is 4.98 Å². The fourth-order valence-electron chi connectivity index (χ4n) is 0.815. The molecule has 0 saturated carbocycles. The maximum Gasteiger partial charge on any atom is 0.242 e. The number of carbonyl (C=O) groups is 1. The molecule has 4 nitrogen and oxygen atoms in total. The molecule has 3 N–H and O–H groups in total. The van der Waals surface area contributed by atoms with Crippen LogP contribution in [0, 0.1) is 0 Å². The summed E-state index contributed by atoms with van der Waals surface area (Å²) in [6.45, 7) is 1.63. The van der Waals surface area contributed by atoms with E-state index < -0.39 is 6.04 Å². The van der Waals surface area contributed by atoms with Gasteiger partial charge in [-0.15, -0.1) is 11.8 Å². The van der Waals surface area contributed by atoms with Gasteiger partial charge < -0.3 is 11.1 Å². The Bertz CT molecular complexity index is 310. The van der Waals surface area contributed by atoms with Crippen molar-refractivity contribution in [2.75, 3.05) is 11.6 Å². The molecular formula is C9H13N3OS. The number of carbonyl (C=O) groups excluding carboxylic acids is 1. The standard InChI is InChI=1S/C9H13N3OS/c1-6(10)9(13)12-8-4-3-7(14-2)5-11-8/h3-6H,10H2,1-2H3,(H,11,12,13). The molecule has 0 bridgehead atoms. The summed E-state index contributed by atoms with van der Waals surface area (Å²) < 4.78 is 0. The van der Waals surface area contributed by atoms with Gasteiger partial charge in [0.1, 0.15) is 5.82 Å². The molecule has 0 aliphatic carbocycles. The molecule has 1 unspecified atom stereocenters. The number of anilines is 1. The van der Waals surface area contributed by atoms with Crippen LogP contribution in [-0.4, -0.2) is 23.2 Å². The molecule has 0 aliphatic rings. The summed E-state index contributed by atoms with van der Waals surface area (Å²) in [4.78, 5) is 16.3. The van der Waals surface area contributed by atoms with Crippen molar-refractivity contribution in [1.29, 1.82) is 0 Å². The fourth-order valence-corrected chi connectivity index (χ4v) is 1.18. The Hall–Kier alpha value is -1.07. The first-order valence-corrected chi connectivity index (χ1v) is 5.42. The first-order valence-electron chi connectivity index (χ1n) is 4.20. The van der Waals surface area contributed by atoms with E-state index in [0.29, 0.717) is 5.82 Å². The highest BCUT2D eigenvalue weighted by atomic mass is 32.2. The number of amides is 1. The number of nitrogens with zero attached hydrogens (tertiary/aromatic N) is 1. The topological polar surface area (TPSA) is 68.0 Å². The molecule has 0 aliphatic heterocycles. The SMILES string of the molecule is CSc1ccc(NC(=O)C(C)N)nc1. The van der Waals surface area contributed by atoms with Crippen LogP contribution in [-0.2, 0) is 4.79 Å². The molecule has 1 rings (SSSR count). The molecule has 0 radical (unpaired) electrons. The van der Waals surface area contributed by atoms with Crippen LogP contribution >= 0.6 is 11.8 Å². The maximum absolute atomic E-state index is 11.2. The Balaban J connectivity index is 2.64. The molecule has 0 spiro atoms. The molecule has 1 heterocycles. The smallest absolute Gasteiger partial charge is 0.242 e. The van der Waals surface area contributed by atoms with Gasteiger partial charge in [0.25, 0.3) is 0 Å². The highest BCUT2D eigenvalue weighted by Gasteiger charge is 2.07. The molecule has 1 atom stereocenters. The van der Waals surface area contributed by atoms with E-state index in [0.717, 1.165) is 4.90 Å². The second-order valence-electron chi connectivity index (χ2n) is 2.86. The number of rotatable bonds is 3. The van der Waals surface area contributed by atoms with Crippen LogP contribution in [0.4, 0.5) is 5.82 Å². The van der Waals surface area contributed by atoms with Crippen molar-refractivity contribution in [2.45, 2.75) is 17.9 Å². The molecule has 0 aromatic carbocycles. The molecule has 0 fully saturated rings. The van der Waals surface area contributed by atoms with Crippen molar-refractivity contribution >= 4 is 23.5 Å². The number of hydrogen-bond donors (Lipinski definition) is 2.